The van der Waals surface area contributed by atoms with Crippen LogP contribution < -0.4 is 10.2 Å². The highest BCUT2D eigenvalue weighted by Crippen LogP contribution is 2.17. The van der Waals surface area contributed by atoms with Crippen LogP contribution >= 0.6 is 0 Å². The molecule has 5 heteroatoms. The predicted octanol–water partition coefficient (Wildman–Crippen LogP) is 2.09. The van der Waals surface area contributed by atoms with E-state index in [0.717, 1.165) is 11.3 Å². The standard InChI is InChI=1S/C18H19N3O2/c1-21(2)16-8-6-14(7-9-16)17(22)12-20-18(23)15-5-3-4-13(10-15)11-19/h3-10,17,22H,12H2,1-2H3,(H,20,23). The number of amides is 1. The van der Waals surface area contributed by atoms with Gasteiger partial charge >= 0.3 is 0 Å². The molecule has 1 amide bonds. The Balaban J connectivity index is 1.96. The molecule has 1 unspecified atom stereocenters. The summed E-state index contributed by atoms with van der Waals surface area (Å²) in [5.41, 5.74) is 2.61. The van der Waals surface area contributed by atoms with Gasteiger partial charge in [-0.1, -0.05) is 18.2 Å². The van der Waals surface area contributed by atoms with Crippen LogP contribution in [0, 0.1) is 11.3 Å². The molecule has 0 aliphatic carbocycles. The van der Waals surface area contributed by atoms with Gasteiger partial charge in [-0.15, -0.1) is 0 Å². The van der Waals surface area contributed by atoms with E-state index in [-0.39, 0.29) is 12.5 Å². The number of hydrogen-bond acceptors (Lipinski definition) is 4. The minimum absolute atomic E-state index is 0.108. The lowest BCUT2D eigenvalue weighted by molar-refractivity contribution is 0.0916. The molecule has 2 aromatic carbocycles. The van der Waals surface area contributed by atoms with Crippen molar-refractivity contribution in [1.29, 1.82) is 5.26 Å². The molecule has 2 N–H and O–H groups in total. The maximum absolute atomic E-state index is 12.1. The molecule has 1 atom stereocenters. The van der Waals surface area contributed by atoms with Crippen LogP contribution in [-0.2, 0) is 0 Å². The Hall–Kier alpha value is -2.84. The zero-order valence-electron chi connectivity index (χ0n) is 13.2. The number of nitriles is 1. The molecule has 0 saturated heterocycles. The maximum atomic E-state index is 12.1. The monoisotopic (exact) mass is 309 g/mol. The summed E-state index contributed by atoms with van der Waals surface area (Å²) in [6.07, 6.45) is -0.783. The SMILES string of the molecule is CN(C)c1ccc(C(O)CNC(=O)c2cccc(C#N)c2)cc1. The normalized spacial score (nSPS) is 11.4. The van der Waals surface area contributed by atoms with E-state index in [2.05, 4.69) is 5.32 Å². The van der Waals surface area contributed by atoms with Crippen molar-refractivity contribution in [2.45, 2.75) is 6.10 Å². The van der Waals surface area contributed by atoms with Gasteiger partial charge in [0.25, 0.3) is 5.91 Å². The first-order chi connectivity index (χ1) is 11.0. The average molecular weight is 309 g/mol. The van der Waals surface area contributed by atoms with Gasteiger partial charge in [-0.3, -0.25) is 4.79 Å². The first-order valence-corrected chi connectivity index (χ1v) is 7.25. The van der Waals surface area contributed by atoms with Crippen LogP contribution in [0.1, 0.15) is 27.6 Å². The number of aliphatic hydroxyl groups excluding tert-OH is 1. The fraction of sp³-hybridized carbons (Fsp3) is 0.222. The zero-order valence-corrected chi connectivity index (χ0v) is 13.2. The van der Waals surface area contributed by atoms with Gasteiger partial charge in [0, 0.05) is 31.9 Å². The molecule has 0 radical (unpaired) electrons. The van der Waals surface area contributed by atoms with E-state index < -0.39 is 6.10 Å². The number of carbonyl (C=O) groups is 1. The first-order valence-electron chi connectivity index (χ1n) is 7.25. The van der Waals surface area contributed by atoms with Gasteiger partial charge in [-0.05, 0) is 35.9 Å². The summed E-state index contributed by atoms with van der Waals surface area (Å²) in [6.45, 7) is 0.108. The Morgan fingerprint density at radius 1 is 1.26 bits per heavy atom. The largest absolute Gasteiger partial charge is 0.387 e. The van der Waals surface area contributed by atoms with Crippen molar-refractivity contribution < 1.29 is 9.90 Å². The van der Waals surface area contributed by atoms with Crippen LogP contribution in [0.2, 0.25) is 0 Å². The van der Waals surface area contributed by atoms with E-state index in [0.29, 0.717) is 11.1 Å². The van der Waals surface area contributed by atoms with Crippen molar-refractivity contribution in [3.05, 3.63) is 65.2 Å². The Kier molecular flexibility index (Phi) is 5.34. The Bertz CT molecular complexity index is 718. The van der Waals surface area contributed by atoms with E-state index >= 15 is 0 Å². The fourth-order valence-electron chi connectivity index (χ4n) is 2.13. The summed E-state index contributed by atoms with van der Waals surface area (Å²) in [4.78, 5) is 14.0. The average Bonchev–Trinajstić information content (AvgIpc) is 2.59. The van der Waals surface area contributed by atoms with Gasteiger partial charge in [-0.2, -0.15) is 5.26 Å². The van der Waals surface area contributed by atoms with E-state index in [1.54, 1.807) is 18.2 Å². The quantitative estimate of drug-likeness (QED) is 0.886. The number of nitrogens with one attached hydrogen (secondary N) is 1. The number of benzene rings is 2. The molecule has 0 aliphatic rings. The molecule has 2 aromatic rings. The summed E-state index contributed by atoms with van der Waals surface area (Å²) in [7, 11) is 3.89. The highest BCUT2D eigenvalue weighted by atomic mass is 16.3. The number of carbonyl (C=O) groups excluding carboxylic acids is 1. The first kappa shape index (κ1) is 16.5. The van der Waals surface area contributed by atoms with Gasteiger partial charge in [0.1, 0.15) is 0 Å². The molecule has 0 saturated carbocycles. The molecular weight excluding hydrogens is 290 g/mol. The lowest BCUT2D eigenvalue weighted by Crippen LogP contribution is -2.28. The molecule has 0 bridgehead atoms. The van der Waals surface area contributed by atoms with E-state index in [9.17, 15) is 9.90 Å². The summed E-state index contributed by atoms with van der Waals surface area (Å²) >= 11 is 0. The summed E-state index contributed by atoms with van der Waals surface area (Å²) in [5, 5.41) is 21.7. The fourth-order valence-corrected chi connectivity index (χ4v) is 2.13. The highest BCUT2D eigenvalue weighted by molar-refractivity contribution is 5.94. The summed E-state index contributed by atoms with van der Waals surface area (Å²) in [6, 6.07) is 15.9. The van der Waals surface area contributed by atoms with Gasteiger partial charge in [0.05, 0.1) is 17.7 Å². The third kappa shape index (κ3) is 4.31. The third-order valence-corrected chi connectivity index (χ3v) is 3.50. The van der Waals surface area contributed by atoms with Crippen molar-refractivity contribution in [1.82, 2.24) is 5.32 Å². The van der Waals surface area contributed by atoms with Crippen LogP contribution in [0.3, 0.4) is 0 Å². The minimum Gasteiger partial charge on any atom is -0.387 e. The Labute approximate surface area is 135 Å². The van der Waals surface area contributed by atoms with Crippen LogP contribution in [0.15, 0.2) is 48.5 Å². The second kappa shape index (κ2) is 7.43. The Morgan fingerprint density at radius 3 is 2.57 bits per heavy atom. The van der Waals surface area contributed by atoms with Crippen molar-refractivity contribution in [3.8, 4) is 6.07 Å². The smallest absolute Gasteiger partial charge is 0.251 e. The summed E-state index contributed by atoms with van der Waals surface area (Å²) in [5.74, 6) is -0.314. The minimum atomic E-state index is -0.783. The molecule has 118 valence electrons. The molecule has 0 aliphatic heterocycles. The maximum Gasteiger partial charge on any atom is 0.251 e. The topological polar surface area (TPSA) is 76.4 Å². The number of hydrogen-bond donors (Lipinski definition) is 2. The van der Waals surface area contributed by atoms with Crippen LogP contribution in [0.5, 0.6) is 0 Å². The molecule has 0 spiro atoms. The van der Waals surface area contributed by atoms with Gasteiger partial charge in [0.15, 0.2) is 0 Å². The van der Waals surface area contributed by atoms with Crippen molar-refractivity contribution >= 4 is 11.6 Å². The zero-order chi connectivity index (χ0) is 16.8. The predicted molar refractivity (Wildman–Crippen MR) is 89.2 cm³/mol. The van der Waals surface area contributed by atoms with Crippen LogP contribution in [0.25, 0.3) is 0 Å². The lowest BCUT2D eigenvalue weighted by atomic mass is 10.1. The molecule has 0 heterocycles. The van der Waals surface area contributed by atoms with E-state index in [4.69, 9.17) is 5.26 Å². The van der Waals surface area contributed by atoms with Crippen LogP contribution in [0.4, 0.5) is 5.69 Å². The van der Waals surface area contributed by atoms with E-state index in [1.807, 2.05) is 49.3 Å². The second-order valence-electron chi connectivity index (χ2n) is 5.40. The van der Waals surface area contributed by atoms with Gasteiger partial charge in [0.2, 0.25) is 0 Å². The number of anilines is 1. The Morgan fingerprint density at radius 2 is 1.96 bits per heavy atom. The lowest BCUT2D eigenvalue weighted by Gasteiger charge is -2.15. The molecule has 5 nitrogen and oxygen atoms in total. The highest BCUT2D eigenvalue weighted by Gasteiger charge is 2.11. The molecule has 0 fully saturated rings. The van der Waals surface area contributed by atoms with E-state index in [1.165, 1.54) is 6.07 Å². The van der Waals surface area contributed by atoms with Gasteiger partial charge < -0.3 is 15.3 Å². The number of aliphatic hydroxyl groups is 1. The molecule has 23 heavy (non-hydrogen) atoms. The third-order valence-electron chi connectivity index (χ3n) is 3.50. The summed E-state index contributed by atoms with van der Waals surface area (Å²) < 4.78 is 0. The molecule has 2 rings (SSSR count). The van der Waals surface area contributed by atoms with Crippen molar-refractivity contribution in [2.75, 3.05) is 25.5 Å². The number of nitrogens with zero attached hydrogens (tertiary/aromatic N) is 2. The second-order valence-corrected chi connectivity index (χ2v) is 5.40. The molecule has 0 aromatic heterocycles. The van der Waals surface area contributed by atoms with Crippen LogP contribution in [-0.4, -0.2) is 31.7 Å². The van der Waals surface area contributed by atoms with Gasteiger partial charge in [-0.25, -0.2) is 0 Å². The van der Waals surface area contributed by atoms with Crippen molar-refractivity contribution in [3.63, 3.8) is 0 Å². The number of rotatable bonds is 5. The molecular formula is C18H19N3O2. The van der Waals surface area contributed by atoms with Crippen molar-refractivity contribution in [2.24, 2.45) is 0 Å².